The Balaban J connectivity index is 1.93. The molecule has 5 nitrogen and oxygen atoms in total. The molecule has 0 aliphatic heterocycles. The van der Waals surface area contributed by atoms with Crippen molar-refractivity contribution in [2.45, 2.75) is 13.0 Å². The summed E-state index contributed by atoms with van der Waals surface area (Å²) in [6.45, 7) is 1.13. The summed E-state index contributed by atoms with van der Waals surface area (Å²) >= 11 is 0. The summed E-state index contributed by atoms with van der Waals surface area (Å²) in [5.41, 5.74) is 1.47. The van der Waals surface area contributed by atoms with E-state index < -0.39 is 0 Å². The Kier molecular flexibility index (Phi) is 5.05. The third-order valence-electron chi connectivity index (χ3n) is 3.00. The summed E-state index contributed by atoms with van der Waals surface area (Å²) in [7, 11) is 3.25. The minimum Gasteiger partial charge on any atom is -0.469 e. The Hall–Kier alpha value is -2.21. The highest BCUT2D eigenvalue weighted by atomic mass is 19.1. The van der Waals surface area contributed by atoms with Crippen molar-refractivity contribution in [2.75, 3.05) is 20.7 Å². The van der Waals surface area contributed by atoms with Crippen LogP contribution in [0.25, 0.3) is 11.5 Å². The fraction of sp³-hybridized carbons (Fsp3) is 0.333. The minimum atomic E-state index is -0.298. The Morgan fingerprint density at radius 3 is 2.76 bits per heavy atom. The van der Waals surface area contributed by atoms with Crippen molar-refractivity contribution in [3.05, 3.63) is 42.0 Å². The highest BCUT2D eigenvalue weighted by Gasteiger charge is 2.10. The number of carbonyl (C=O) groups is 1. The predicted octanol–water partition coefficient (Wildman–Crippen LogP) is 2.48. The molecule has 0 spiro atoms. The van der Waals surface area contributed by atoms with Gasteiger partial charge in [0.25, 0.3) is 0 Å². The van der Waals surface area contributed by atoms with Gasteiger partial charge in [-0.3, -0.25) is 9.69 Å². The molecular weight excluding hydrogens is 275 g/mol. The van der Waals surface area contributed by atoms with Gasteiger partial charge in [0.1, 0.15) is 12.1 Å². The van der Waals surface area contributed by atoms with Gasteiger partial charge in [-0.1, -0.05) is 0 Å². The molecule has 0 bridgehead atoms. The summed E-state index contributed by atoms with van der Waals surface area (Å²) in [5, 5.41) is 0. The highest BCUT2D eigenvalue weighted by Crippen LogP contribution is 2.19. The fourth-order valence-corrected chi connectivity index (χ4v) is 1.84. The van der Waals surface area contributed by atoms with Gasteiger partial charge in [0.2, 0.25) is 5.89 Å². The third kappa shape index (κ3) is 4.39. The van der Waals surface area contributed by atoms with Crippen molar-refractivity contribution >= 4 is 5.97 Å². The quantitative estimate of drug-likeness (QED) is 0.766. The molecule has 0 radical (unpaired) electrons. The lowest BCUT2D eigenvalue weighted by molar-refractivity contribution is -0.140. The first kappa shape index (κ1) is 15.2. The average Bonchev–Trinajstić information content (AvgIpc) is 2.94. The predicted molar refractivity (Wildman–Crippen MR) is 74.9 cm³/mol. The molecule has 112 valence electrons. The van der Waals surface area contributed by atoms with Crippen LogP contribution < -0.4 is 0 Å². The molecule has 0 aliphatic carbocycles. The summed E-state index contributed by atoms with van der Waals surface area (Å²) in [4.78, 5) is 17.4. The van der Waals surface area contributed by atoms with Crippen molar-refractivity contribution in [2.24, 2.45) is 0 Å². The lowest BCUT2D eigenvalue weighted by Crippen LogP contribution is -2.22. The first-order valence-electron chi connectivity index (χ1n) is 6.54. The summed E-state index contributed by atoms with van der Waals surface area (Å²) in [5.74, 6) is -0.0894. The topological polar surface area (TPSA) is 55.6 Å². The molecule has 2 rings (SSSR count). The Bertz CT molecular complexity index is 595. The molecular formula is C15H17FN2O3. The van der Waals surface area contributed by atoms with Gasteiger partial charge in [-0.15, -0.1) is 0 Å². The first-order valence-corrected chi connectivity index (χ1v) is 6.54. The zero-order chi connectivity index (χ0) is 15.2. The largest absolute Gasteiger partial charge is 0.469 e. The van der Waals surface area contributed by atoms with Crippen molar-refractivity contribution in [3.63, 3.8) is 0 Å². The van der Waals surface area contributed by atoms with E-state index in [1.807, 2.05) is 11.9 Å². The van der Waals surface area contributed by atoms with E-state index in [4.69, 9.17) is 4.42 Å². The molecule has 2 aromatic rings. The molecule has 0 saturated carbocycles. The number of ether oxygens (including phenoxy) is 1. The number of carbonyl (C=O) groups excluding carboxylic acids is 1. The van der Waals surface area contributed by atoms with E-state index in [0.29, 0.717) is 25.4 Å². The van der Waals surface area contributed by atoms with Crippen LogP contribution in [0, 0.1) is 5.82 Å². The van der Waals surface area contributed by atoms with Crippen LogP contribution in [0.2, 0.25) is 0 Å². The molecule has 0 N–H and O–H groups in total. The Labute approximate surface area is 122 Å². The smallest absolute Gasteiger partial charge is 0.306 e. The molecule has 0 amide bonds. The monoisotopic (exact) mass is 292 g/mol. The van der Waals surface area contributed by atoms with E-state index in [0.717, 1.165) is 11.3 Å². The summed E-state index contributed by atoms with van der Waals surface area (Å²) < 4.78 is 22.8. The molecule has 6 heteroatoms. The lowest BCUT2D eigenvalue weighted by Gasteiger charge is -2.13. The maximum atomic E-state index is 12.9. The van der Waals surface area contributed by atoms with Crippen LogP contribution in [0.4, 0.5) is 4.39 Å². The molecule has 0 saturated heterocycles. The van der Waals surface area contributed by atoms with Gasteiger partial charge < -0.3 is 9.15 Å². The molecule has 0 aliphatic rings. The normalized spacial score (nSPS) is 10.9. The Morgan fingerprint density at radius 1 is 1.38 bits per heavy atom. The zero-order valence-corrected chi connectivity index (χ0v) is 12.0. The van der Waals surface area contributed by atoms with E-state index in [2.05, 4.69) is 9.72 Å². The van der Waals surface area contributed by atoms with Crippen LogP contribution >= 0.6 is 0 Å². The highest BCUT2D eigenvalue weighted by molar-refractivity contribution is 5.69. The van der Waals surface area contributed by atoms with Crippen molar-refractivity contribution in [3.8, 4) is 11.5 Å². The SMILES string of the molecule is COC(=O)CCN(C)Cc1coc(-c2ccc(F)cc2)n1. The number of hydrogen-bond donors (Lipinski definition) is 0. The summed E-state index contributed by atoms with van der Waals surface area (Å²) in [6, 6.07) is 5.96. The molecule has 1 heterocycles. The second-order valence-electron chi connectivity index (χ2n) is 4.71. The standard InChI is InChI=1S/C15H17FN2O3/c1-18(8-7-14(19)20-2)9-13-10-21-15(17-13)11-3-5-12(16)6-4-11/h3-6,10H,7-9H2,1-2H3. The summed E-state index contributed by atoms with van der Waals surface area (Å²) in [6.07, 6.45) is 1.89. The number of aromatic nitrogens is 1. The number of oxazole rings is 1. The van der Waals surface area contributed by atoms with E-state index in [1.54, 1.807) is 18.4 Å². The van der Waals surface area contributed by atoms with Crippen LogP contribution in [0.1, 0.15) is 12.1 Å². The number of hydrogen-bond acceptors (Lipinski definition) is 5. The van der Waals surface area contributed by atoms with Crippen molar-refractivity contribution in [1.29, 1.82) is 0 Å². The number of methoxy groups -OCH3 is 1. The Morgan fingerprint density at radius 2 is 2.10 bits per heavy atom. The van der Waals surface area contributed by atoms with Gasteiger partial charge in [-0.2, -0.15) is 0 Å². The second-order valence-corrected chi connectivity index (χ2v) is 4.71. The number of benzene rings is 1. The van der Waals surface area contributed by atoms with Gasteiger partial charge in [0, 0.05) is 18.7 Å². The fourth-order valence-electron chi connectivity index (χ4n) is 1.84. The molecule has 1 aromatic heterocycles. The van der Waals surface area contributed by atoms with Crippen LogP contribution in [-0.4, -0.2) is 36.6 Å². The molecule has 0 fully saturated rings. The van der Waals surface area contributed by atoms with E-state index in [1.165, 1.54) is 19.2 Å². The molecule has 0 atom stereocenters. The number of nitrogens with zero attached hydrogens (tertiary/aromatic N) is 2. The van der Waals surface area contributed by atoms with Gasteiger partial charge in [-0.25, -0.2) is 9.37 Å². The second kappa shape index (κ2) is 6.99. The number of esters is 1. The van der Waals surface area contributed by atoms with Crippen LogP contribution in [0.3, 0.4) is 0 Å². The number of halogens is 1. The molecule has 21 heavy (non-hydrogen) atoms. The van der Waals surface area contributed by atoms with Crippen LogP contribution in [-0.2, 0) is 16.1 Å². The van der Waals surface area contributed by atoms with E-state index in [9.17, 15) is 9.18 Å². The minimum absolute atomic E-state index is 0.242. The number of rotatable bonds is 6. The first-order chi connectivity index (χ1) is 10.1. The van der Waals surface area contributed by atoms with Crippen LogP contribution in [0.15, 0.2) is 34.9 Å². The third-order valence-corrected chi connectivity index (χ3v) is 3.00. The maximum Gasteiger partial charge on any atom is 0.306 e. The lowest BCUT2D eigenvalue weighted by atomic mass is 10.2. The van der Waals surface area contributed by atoms with Gasteiger partial charge in [0.05, 0.1) is 19.2 Å². The van der Waals surface area contributed by atoms with Gasteiger partial charge in [0.15, 0.2) is 0 Å². The van der Waals surface area contributed by atoms with Crippen LogP contribution in [0.5, 0.6) is 0 Å². The molecule has 0 unspecified atom stereocenters. The zero-order valence-electron chi connectivity index (χ0n) is 12.0. The van der Waals surface area contributed by atoms with Crippen molar-refractivity contribution in [1.82, 2.24) is 9.88 Å². The van der Waals surface area contributed by atoms with Gasteiger partial charge in [-0.05, 0) is 31.3 Å². The average molecular weight is 292 g/mol. The van der Waals surface area contributed by atoms with Gasteiger partial charge >= 0.3 is 5.97 Å². The maximum absolute atomic E-state index is 12.9. The molecule has 1 aromatic carbocycles. The van der Waals surface area contributed by atoms with E-state index >= 15 is 0 Å². The van der Waals surface area contributed by atoms with E-state index in [-0.39, 0.29) is 11.8 Å². The van der Waals surface area contributed by atoms with Crippen molar-refractivity contribution < 1.29 is 18.3 Å².